The molecule has 0 aliphatic carbocycles. The lowest BCUT2D eigenvalue weighted by Crippen LogP contribution is -2.34. The van der Waals surface area contributed by atoms with Crippen LogP contribution in [-0.2, 0) is 4.79 Å². The van der Waals surface area contributed by atoms with E-state index in [1.54, 1.807) is 0 Å². The summed E-state index contributed by atoms with van der Waals surface area (Å²) < 4.78 is 0. The largest absolute Gasteiger partial charge is 0.381 e. The molecule has 0 saturated carbocycles. The number of nitrogens with zero attached hydrogens (tertiary/aromatic N) is 3. The molecule has 3 rings (SSSR count). The van der Waals surface area contributed by atoms with Crippen molar-refractivity contribution >= 4 is 28.6 Å². The molecule has 0 bridgehead atoms. The molecule has 1 saturated heterocycles. The summed E-state index contributed by atoms with van der Waals surface area (Å²) in [6, 6.07) is 7.57. The lowest BCUT2D eigenvalue weighted by molar-refractivity contribution is -0.119. The monoisotopic (exact) mass is 257 g/mol. The van der Waals surface area contributed by atoms with E-state index in [0.29, 0.717) is 18.2 Å². The van der Waals surface area contributed by atoms with Gasteiger partial charge in [-0.2, -0.15) is 0 Å². The van der Waals surface area contributed by atoms with Crippen LogP contribution in [0.15, 0.2) is 24.3 Å². The van der Waals surface area contributed by atoms with Crippen LogP contribution >= 0.6 is 0 Å². The van der Waals surface area contributed by atoms with Crippen LogP contribution in [0.1, 0.15) is 6.42 Å². The van der Waals surface area contributed by atoms with Crippen LogP contribution in [-0.4, -0.2) is 35.5 Å². The fraction of sp³-hybridized carbons (Fsp3) is 0.308. The first kappa shape index (κ1) is 11.7. The van der Waals surface area contributed by atoms with Gasteiger partial charge in [0.25, 0.3) is 0 Å². The van der Waals surface area contributed by atoms with Gasteiger partial charge in [-0.15, -0.1) is 0 Å². The molecule has 98 valence electrons. The summed E-state index contributed by atoms with van der Waals surface area (Å²) in [5, 5.41) is 2.83. The lowest BCUT2D eigenvalue weighted by Gasteiger charge is -2.21. The van der Waals surface area contributed by atoms with Gasteiger partial charge in [0.05, 0.1) is 17.6 Å². The maximum Gasteiger partial charge on any atom is 0.239 e. The van der Waals surface area contributed by atoms with E-state index in [-0.39, 0.29) is 12.5 Å². The Morgan fingerprint density at radius 1 is 1.21 bits per heavy atom. The Bertz CT molecular complexity index is 627. The average Bonchev–Trinajstić information content (AvgIpc) is 2.62. The van der Waals surface area contributed by atoms with Gasteiger partial charge in [-0.1, -0.05) is 12.1 Å². The molecule has 1 aromatic carbocycles. The molecule has 2 heterocycles. The predicted molar refractivity (Wildman–Crippen MR) is 73.8 cm³/mol. The Kier molecular flexibility index (Phi) is 2.91. The first-order valence-corrected chi connectivity index (χ1v) is 6.28. The highest BCUT2D eigenvalue weighted by molar-refractivity contribution is 5.84. The van der Waals surface area contributed by atoms with Crippen molar-refractivity contribution < 1.29 is 4.79 Å². The Morgan fingerprint density at radius 2 is 1.95 bits per heavy atom. The first-order chi connectivity index (χ1) is 9.24. The molecule has 0 atom stereocenters. The number of rotatable bonds is 1. The molecule has 6 nitrogen and oxygen atoms in total. The Labute approximate surface area is 110 Å². The van der Waals surface area contributed by atoms with E-state index in [1.807, 2.05) is 29.2 Å². The number of aromatic nitrogens is 2. The van der Waals surface area contributed by atoms with E-state index in [0.717, 1.165) is 24.0 Å². The standard InChI is InChI=1S/C13H15N5O/c14-12-13(18-7-3-6-15-11(19)8-18)17-10-5-2-1-4-9(10)16-12/h1-2,4-5H,3,6-8H2,(H2,14,16)(H,15,19). The van der Waals surface area contributed by atoms with Crippen molar-refractivity contribution in [1.29, 1.82) is 0 Å². The van der Waals surface area contributed by atoms with Gasteiger partial charge in [-0.25, -0.2) is 9.97 Å². The van der Waals surface area contributed by atoms with Gasteiger partial charge < -0.3 is 16.0 Å². The molecule has 1 aliphatic rings. The Hall–Kier alpha value is -2.37. The molecule has 0 spiro atoms. The minimum absolute atomic E-state index is 0.00754. The maximum atomic E-state index is 11.6. The summed E-state index contributed by atoms with van der Waals surface area (Å²) in [7, 11) is 0. The highest BCUT2D eigenvalue weighted by Crippen LogP contribution is 2.22. The molecule has 0 radical (unpaired) electrons. The van der Waals surface area contributed by atoms with Crippen molar-refractivity contribution in [3.63, 3.8) is 0 Å². The van der Waals surface area contributed by atoms with Gasteiger partial charge in [-0.05, 0) is 18.6 Å². The number of carbonyl (C=O) groups excluding carboxylic acids is 1. The second kappa shape index (κ2) is 4.72. The van der Waals surface area contributed by atoms with Crippen LogP contribution in [0, 0.1) is 0 Å². The average molecular weight is 257 g/mol. The zero-order valence-electron chi connectivity index (χ0n) is 10.5. The first-order valence-electron chi connectivity index (χ1n) is 6.28. The van der Waals surface area contributed by atoms with Gasteiger partial charge in [-0.3, -0.25) is 4.79 Å². The summed E-state index contributed by atoms with van der Waals surface area (Å²) in [6.45, 7) is 1.71. The number of anilines is 2. The van der Waals surface area contributed by atoms with E-state index in [1.165, 1.54) is 0 Å². The van der Waals surface area contributed by atoms with Crippen LogP contribution in [0.5, 0.6) is 0 Å². The van der Waals surface area contributed by atoms with Gasteiger partial charge in [0, 0.05) is 13.1 Å². The summed E-state index contributed by atoms with van der Waals surface area (Å²) in [6.07, 6.45) is 0.875. The van der Waals surface area contributed by atoms with Crippen molar-refractivity contribution in [1.82, 2.24) is 15.3 Å². The number of para-hydroxylation sites is 2. The molecule has 1 aliphatic heterocycles. The van der Waals surface area contributed by atoms with Gasteiger partial charge in [0.2, 0.25) is 5.91 Å². The molecular weight excluding hydrogens is 242 g/mol. The molecule has 19 heavy (non-hydrogen) atoms. The van der Waals surface area contributed by atoms with E-state index in [9.17, 15) is 4.79 Å². The zero-order chi connectivity index (χ0) is 13.2. The van der Waals surface area contributed by atoms with Crippen molar-refractivity contribution in [2.24, 2.45) is 0 Å². The SMILES string of the molecule is Nc1nc2ccccc2nc1N1CCCNC(=O)C1. The van der Waals surface area contributed by atoms with E-state index >= 15 is 0 Å². The number of nitrogen functional groups attached to an aromatic ring is 1. The Balaban J connectivity index is 2.03. The van der Waals surface area contributed by atoms with Crippen molar-refractivity contribution in [2.45, 2.75) is 6.42 Å². The smallest absolute Gasteiger partial charge is 0.239 e. The number of nitrogens with one attached hydrogen (secondary N) is 1. The molecule has 3 N–H and O–H groups in total. The third-order valence-electron chi connectivity index (χ3n) is 3.14. The van der Waals surface area contributed by atoms with Crippen molar-refractivity contribution in [3.05, 3.63) is 24.3 Å². The van der Waals surface area contributed by atoms with Crippen LogP contribution in [0.4, 0.5) is 11.6 Å². The third kappa shape index (κ3) is 2.29. The van der Waals surface area contributed by atoms with E-state index in [4.69, 9.17) is 5.73 Å². The minimum atomic E-state index is -0.00754. The van der Waals surface area contributed by atoms with Crippen molar-refractivity contribution in [2.75, 3.05) is 30.3 Å². The summed E-state index contributed by atoms with van der Waals surface area (Å²) in [5.74, 6) is 0.955. The second-order valence-corrected chi connectivity index (χ2v) is 4.55. The molecule has 1 aromatic heterocycles. The molecule has 6 heteroatoms. The molecular formula is C13H15N5O. The predicted octanol–water partition coefficient (Wildman–Crippen LogP) is 0.538. The quantitative estimate of drug-likeness (QED) is 0.779. The lowest BCUT2D eigenvalue weighted by atomic mass is 10.3. The van der Waals surface area contributed by atoms with Crippen LogP contribution in [0.3, 0.4) is 0 Å². The van der Waals surface area contributed by atoms with Gasteiger partial charge in [0.15, 0.2) is 11.6 Å². The minimum Gasteiger partial charge on any atom is -0.381 e. The Morgan fingerprint density at radius 3 is 2.74 bits per heavy atom. The van der Waals surface area contributed by atoms with Crippen LogP contribution in [0.25, 0.3) is 11.0 Å². The number of carbonyl (C=O) groups is 1. The molecule has 1 amide bonds. The fourth-order valence-corrected chi connectivity index (χ4v) is 2.22. The molecule has 2 aromatic rings. The van der Waals surface area contributed by atoms with E-state index in [2.05, 4.69) is 15.3 Å². The normalized spacial score (nSPS) is 16.2. The second-order valence-electron chi connectivity index (χ2n) is 4.55. The topological polar surface area (TPSA) is 84.1 Å². The van der Waals surface area contributed by atoms with Crippen LogP contribution in [0.2, 0.25) is 0 Å². The van der Waals surface area contributed by atoms with Crippen LogP contribution < -0.4 is 16.0 Å². The van der Waals surface area contributed by atoms with Gasteiger partial charge in [0.1, 0.15) is 0 Å². The summed E-state index contributed by atoms with van der Waals surface area (Å²) >= 11 is 0. The summed E-state index contributed by atoms with van der Waals surface area (Å²) in [4.78, 5) is 22.4. The van der Waals surface area contributed by atoms with Crippen molar-refractivity contribution in [3.8, 4) is 0 Å². The number of hydrogen-bond donors (Lipinski definition) is 2. The fourth-order valence-electron chi connectivity index (χ4n) is 2.22. The zero-order valence-corrected chi connectivity index (χ0v) is 10.5. The molecule has 0 unspecified atom stereocenters. The highest BCUT2D eigenvalue weighted by Gasteiger charge is 2.19. The maximum absolute atomic E-state index is 11.6. The molecule has 1 fully saturated rings. The van der Waals surface area contributed by atoms with Gasteiger partial charge >= 0.3 is 0 Å². The summed E-state index contributed by atoms with van der Waals surface area (Å²) in [5.41, 5.74) is 7.52. The van der Waals surface area contributed by atoms with E-state index < -0.39 is 0 Å². The number of benzene rings is 1. The number of amides is 1. The third-order valence-corrected chi connectivity index (χ3v) is 3.14. The number of nitrogens with two attached hydrogens (primary N) is 1. The highest BCUT2D eigenvalue weighted by atomic mass is 16.2. The number of hydrogen-bond acceptors (Lipinski definition) is 5. The number of fused-ring (bicyclic) bond motifs is 1.